The Bertz CT molecular complexity index is 353. The van der Waals surface area contributed by atoms with Crippen LogP contribution in [-0.2, 0) is 6.42 Å². The monoisotopic (exact) mass is 265 g/mol. The van der Waals surface area contributed by atoms with E-state index >= 15 is 0 Å². The molecule has 1 N–H and O–H groups in total. The first-order valence-electron chi connectivity index (χ1n) is 7.33. The van der Waals surface area contributed by atoms with Gasteiger partial charge in [0, 0.05) is 24.2 Å². The van der Waals surface area contributed by atoms with Gasteiger partial charge in [-0.2, -0.15) is 0 Å². The van der Waals surface area contributed by atoms with E-state index in [4.69, 9.17) is 4.74 Å². The lowest BCUT2D eigenvalue weighted by atomic mass is 9.90. The highest BCUT2D eigenvalue weighted by Crippen LogP contribution is 2.18. The molecule has 0 fully saturated rings. The molecule has 0 aliphatic heterocycles. The Hall–Kier alpha value is -1.16. The minimum atomic E-state index is 0.481. The van der Waals surface area contributed by atoms with Gasteiger partial charge in [-0.25, -0.2) is 9.97 Å². The lowest BCUT2D eigenvalue weighted by Crippen LogP contribution is -2.38. The summed E-state index contributed by atoms with van der Waals surface area (Å²) in [5.74, 6) is 1.33. The van der Waals surface area contributed by atoms with Crippen molar-refractivity contribution < 1.29 is 4.74 Å². The highest BCUT2D eigenvalue weighted by molar-refractivity contribution is 5.14. The second-order valence-electron chi connectivity index (χ2n) is 4.89. The highest BCUT2D eigenvalue weighted by atomic mass is 16.5. The average Bonchev–Trinajstić information content (AvgIpc) is 2.46. The van der Waals surface area contributed by atoms with Gasteiger partial charge in [0.25, 0.3) is 0 Å². The van der Waals surface area contributed by atoms with Crippen LogP contribution < -0.4 is 10.1 Å². The lowest BCUT2D eigenvalue weighted by Gasteiger charge is -2.26. The van der Waals surface area contributed by atoms with E-state index in [-0.39, 0.29) is 0 Å². The molecule has 1 aromatic rings. The van der Waals surface area contributed by atoms with Crippen molar-refractivity contribution in [3.8, 4) is 5.88 Å². The number of hydrogen-bond acceptors (Lipinski definition) is 4. The zero-order valence-electron chi connectivity index (χ0n) is 12.6. The molecule has 0 bridgehead atoms. The van der Waals surface area contributed by atoms with Crippen molar-refractivity contribution in [3.63, 3.8) is 0 Å². The molecule has 0 aliphatic carbocycles. The van der Waals surface area contributed by atoms with Gasteiger partial charge < -0.3 is 10.1 Å². The molecule has 0 saturated carbocycles. The fraction of sp³-hybridized carbons (Fsp3) is 0.733. The van der Waals surface area contributed by atoms with Gasteiger partial charge in [-0.3, -0.25) is 0 Å². The standard InChI is InChI=1S/C15H27N3O/c1-5-8-16-14(12(6-2)7-3)9-13-10-15(19-4)18-11-17-13/h10-12,14,16H,5-9H2,1-4H3. The Morgan fingerprint density at radius 2 is 1.95 bits per heavy atom. The second-order valence-corrected chi connectivity index (χ2v) is 4.89. The van der Waals surface area contributed by atoms with Gasteiger partial charge in [0.15, 0.2) is 0 Å². The first kappa shape index (κ1) is 15.9. The van der Waals surface area contributed by atoms with Crippen LogP contribution in [0.3, 0.4) is 0 Å². The van der Waals surface area contributed by atoms with Crippen molar-refractivity contribution in [2.24, 2.45) is 5.92 Å². The third-order valence-electron chi connectivity index (χ3n) is 3.61. The summed E-state index contributed by atoms with van der Waals surface area (Å²) in [6.45, 7) is 7.78. The quantitative estimate of drug-likeness (QED) is 0.746. The Morgan fingerprint density at radius 3 is 2.53 bits per heavy atom. The Kier molecular flexibility index (Phi) is 7.41. The molecule has 1 rings (SSSR count). The second kappa shape index (κ2) is 8.86. The van der Waals surface area contributed by atoms with Crippen molar-refractivity contribution in [1.29, 1.82) is 0 Å². The molecule has 0 amide bonds. The van der Waals surface area contributed by atoms with Crippen molar-refractivity contribution in [3.05, 3.63) is 18.1 Å². The Balaban J connectivity index is 2.74. The summed E-state index contributed by atoms with van der Waals surface area (Å²) in [6.07, 6.45) is 6.06. The van der Waals surface area contributed by atoms with Crippen LogP contribution in [0, 0.1) is 5.92 Å². The molecule has 4 nitrogen and oxygen atoms in total. The van der Waals surface area contributed by atoms with E-state index in [0.29, 0.717) is 17.8 Å². The molecule has 1 heterocycles. The molecule has 108 valence electrons. The van der Waals surface area contributed by atoms with Gasteiger partial charge in [0.2, 0.25) is 5.88 Å². The minimum absolute atomic E-state index is 0.481. The van der Waals surface area contributed by atoms with Crippen molar-refractivity contribution in [1.82, 2.24) is 15.3 Å². The van der Waals surface area contributed by atoms with Gasteiger partial charge in [0.1, 0.15) is 6.33 Å². The van der Waals surface area contributed by atoms with Crippen LogP contribution in [0.2, 0.25) is 0 Å². The van der Waals surface area contributed by atoms with Crippen LogP contribution in [0.15, 0.2) is 12.4 Å². The summed E-state index contributed by atoms with van der Waals surface area (Å²) < 4.78 is 5.16. The van der Waals surface area contributed by atoms with E-state index in [1.165, 1.54) is 12.8 Å². The molecule has 0 saturated heterocycles. The number of nitrogens with zero attached hydrogens (tertiary/aromatic N) is 2. The number of aromatic nitrogens is 2. The third kappa shape index (κ3) is 5.15. The SMILES string of the molecule is CCCNC(Cc1cc(OC)ncn1)C(CC)CC. The van der Waals surface area contributed by atoms with Crippen LogP contribution >= 0.6 is 0 Å². The first-order valence-corrected chi connectivity index (χ1v) is 7.33. The average molecular weight is 265 g/mol. The first-order chi connectivity index (χ1) is 9.24. The maximum absolute atomic E-state index is 5.16. The topological polar surface area (TPSA) is 47.0 Å². The van der Waals surface area contributed by atoms with Gasteiger partial charge in [-0.05, 0) is 18.9 Å². The van der Waals surface area contributed by atoms with Crippen LogP contribution in [0.4, 0.5) is 0 Å². The maximum atomic E-state index is 5.16. The molecule has 1 atom stereocenters. The zero-order valence-corrected chi connectivity index (χ0v) is 12.6. The van der Waals surface area contributed by atoms with Crippen LogP contribution in [0.1, 0.15) is 45.7 Å². The summed E-state index contributed by atoms with van der Waals surface area (Å²) in [7, 11) is 1.64. The molecular weight excluding hydrogens is 238 g/mol. The molecule has 0 aliphatic rings. The van der Waals surface area contributed by atoms with E-state index in [1.807, 2.05) is 6.07 Å². The predicted octanol–water partition coefficient (Wildman–Crippen LogP) is 2.83. The summed E-state index contributed by atoms with van der Waals surface area (Å²) in [6, 6.07) is 2.41. The largest absolute Gasteiger partial charge is 0.481 e. The van der Waals surface area contributed by atoms with Crippen molar-refractivity contribution >= 4 is 0 Å². The van der Waals surface area contributed by atoms with Gasteiger partial charge in [0.05, 0.1) is 7.11 Å². The van der Waals surface area contributed by atoms with Crippen LogP contribution in [0.5, 0.6) is 5.88 Å². The smallest absolute Gasteiger partial charge is 0.216 e. The molecule has 19 heavy (non-hydrogen) atoms. The number of nitrogens with one attached hydrogen (secondary N) is 1. The fourth-order valence-corrected chi connectivity index (χ4v) is 2.42. The molecule has 4 heteroatoms. The molecular formula is C15H27N3O. The van der Waals surface area contributed by atoms with E-state index < -0.39 is 0 Å². The molecule has 0 radical (unpaired) electrons. The summed E-state index contributed by atoms with van der Waals surface area (Å²) in [4.78, 5) is 8.41. The maximum Gasteiger partial charge on any atom is 0.216 e. The van der Waals surface area contributed by atoms with E-state index in [1.54, 1.807) is 13.4 Å². The zero-order chi connectivity index (χ0) is 14.1. The third-order valence-corrected chi connectivity index (χ3v) is 3.61. The minimum Gasteiger partial charge on any atom is -0.481 e. The number of rotatable bonds is 9. The number of hydrogen-bond donors (Lipinski definition) is 1. The normalized spacial score (nSPS) is 12.7. The molecule has 1 aromatic heterocycles. The Morgan fingerprint density at radius 1 is 1.21 bits per heavy atom. The van der Waals surface area contributed by atoms with E-state index in [2.05, 4.69) is 36.1 Å². The van der Waals surface area contributed by atoms with Crippen LogP contribution in [-0.4, -0.2) is 29.7 Å². The summed E-state index contributed by atoms with van der Waals surface area (Å²) >= 11 is 0. The number of ether oxygens (including phenoxy) is 1. The Labute approximate surface area is 117 Å². The van der Waals surface area contributed by atoms with Crippen molar-refractivity contribution in [2.75, 3.05) is 13.7 Å². The molecule has 0 aromatic carbocycles. The van der Waals surface area contributed by atoms with Gasteiger partial charge in [-0.1, -0.05) is 33.6 Å². The van der Waals surface area contributed by atoms with E-state index in [9.17, 15) is 0 Å². The van der Waals surface area contributed by atoms with Crippen LogP contribution in [0.25, 0.3) is 0 Å². The molecule has 0 spiro atoms. The number of methoxy groups -OCH3 is 1. The fourth-order valence-electron chi connectivity index (χ4n) is 2.42. The highest BCUT2D eigenvalue weighted by Gasteiger charge is 2.19. The van der Waals surface area contributed by atoms with Gasteiger partial charge >= 0.3 is 0 Å². The summed E-state index contributed by atoms with van der Waals surface area (Å²) in [5, 5.41) is 3.66. The predicted molar refractivity (Wildman–Crippen MR) is 78.4 cm³/mol. The lowest BCUT2D eigenvalue weighted by molar-refractivity contribution is 0.329. The summed E-state index contributed by atoms with van der Waals surface area (Å²) in [5.41, 5.74) is 1.05. The molecule has 1 unspecified atom stereocenters. The van der Waals surface area contributed by atoms with Crippen molar-refractivity contribution in [2.45, 2.75) is 52.5 Å². The van der Waals surface area contributed by atoms with Gasteiger partial charge in [-0.15, -0.1) is 0 Å². The van der Waals surface area contributed by atoms with E-state index in [0.717, 1.165) is 25.1 Å².